The van der Waals surface area contributed by atoms with E-state index in [1.807, 2.05) is 0 Å². The summed E-state index contributed by atoms with van der Waals surface area (Å²) in [6.07, 6.45) is 3.60. The van der Waals surface area contributed by atoms with Crippen LogP contribution < -0.4 is 0 Å². The number of hydrogen-bond donors (Lipinski definition) is 0. The molecule has 0 bridgehead atoms. The molecule has 2 aliphatic rings. The number of rotatable bonds is 1. The lowest BCUT2D eigenvalue weighted by atomic mass is 9.83. The first kappa shape index (κ1) is 14.7. The van der Waals surface area contributed by atoms with Crippen molar-refractivity contribution in [2.75, 3.05) is 7.05 Å². The summed E-state index contributed by atoms with van der Waals surface area (Å²) >= 11 is 0. The highest BCUT2D eigenvalue weighted by molar-refractivity contribution is 6.05. The van der Waals surface area contributed by atoms with Gasteiger partial charge in [0.2, 0.25) is 0 Å². The third-order valence-electron chi connectivity index (χ3n) is 5.80. The van der Waals surface area contributed by atoms with Gasteiger partial charge < -0.3 is 0 Å². The lowest BCUT2D eigenvalue weighted by Crippen LogP contribution is -2.23. The van der Waals surface area contributed by atoms with Gasteiger partial charge in [0.05, 0.1) is 11.8 Å². The Morgan fingerprint density at radius 2 is 1.72 bits per heavy atom. The molecule has 2 unspecified atom stereocenters. The summed E-state index contributed by atoms with van der Waals surface area (Å²) in [6, 6.07) is 24.6. The predicted molar refractivity (Wildman–Crippen MR) is 104 cm³/mol. The van der Waals surface area contributed by atoms with E-state index in [0.717, 1.165) is 6.42 Å². The van der Waals surface area contributed by atoms with Gasteiger partial charge in [-0.05, 0) is 41.2 Å². The minimum absolute atomic E-state index is 0.326. The Hall–Kier alpha value is -2.61. The van der Waals surface area contributed by atoms with E-state index in [2.05, 4.69) is 78.8 Å². The van der Waals surface area contributed by atoms with Gasteiger partial charge in [0.25, 0.3) is 0 Å². The van der Waals surface area contributed by atoms with E-state index >= 15 is 0 Å². The van der Waals surface area contributed by atoms with Crippen molar-refractivity contribution in [3.63, 3.8) is 0 Å². The van der Waals surface area contributed by atoms with Crippen LogP contribution in [0.2, 0.25) is 0 Å². The first-order valence-corrected chi connectivity index (χ1v) is 9.20. The van der Waals surface area contributed by atoms with Crippen LogP contribution in [0.3, 0.4) is 0 Å². The van der Waals surface area contributed by atoms with Gasteiger partial charge in [-0.25, -0.2) is 0 Å². The molecule has 0 saturated carbocycles. The van der Waals surface area contributed by atoms with Crippen LogP contribution in [0.4, 0.5) is 0 Å². The van der Waals surface area contributed by atoms with E-state index in [-0.39, 0.29) is 0 Å². The molecule has 124 valence electrons. The Labute approximate surface area is 148 Å². The number of aryl methyl sites for hydroxylation is 1. The van der Waals surface area contributed by atoms with Crippen molar-refractivity contribution in [2.45, 2.75) is 25.3 Å². The van der Waals surface area contributed by atoms with Crippen molar-refractivity contribution in [3.05, 3.63) is 83.4 Å². The van der Waals surface area contributed by atoms with Gasteiger partial charge >= 0.3 is 0 Å². The van der Waals surface area contributed by atoms with Gasteiger partial charge in [-0.2, -0.15) is 5.10 Å². The zero-order valence-electron chi connectivity index (χ0n) is 14.5. The zero-order chi connectivity index (χ0) is 16.8. The largest absolute Gasteiger partial charge is 0.292 e. The fourth-order valence-electron chi connectivity index (χ4n) is 4.69. The quantitative estimate of drug-likeness (QED) is 0.601. The molecule has 2 nitrogen and oxygen atoms in total. The van der Waals surface area contributed by atoms with Gasteiger partial charge in [0.1, 0.15) is 0 Å². The summed E-state index contributed by atoms with van der Waals surface area (Å²) < 4.78 is 0. The third kappa shape index (κ3) is 2.28. The van der Waals surface area contributed by atoms with Gasteiger partial charge in [-0.15, -0.1) is 0 Å². The van der Waals surface area contributed by atoms with Gasteiger partial charge in [0, 0.05) is 18.5 Å². The molecular weight excluding hydrogens is 304 g/mol. The second-order valence-corrected chi connectivity index (χ2v) is 7.23. The molecule has 5 rings (SSSR count). The molecule has 0 aromatic heterocycles. The Bertz CT molecular complexity index is 967. The molecule has 0 amide bonds. The molecule has 2 atom stereocenters. The molecule has 1 aliphatic carbocycles. The van der Waals surface area contributed by atoms with Crippen LogP contribution in [0.1, 0.15) is 35.6 Å². The first-order chi connectivity index (χ1) is 12.3. The van der Waals surface area contributed by atoms with Crippen molar-refractivity contribution in [2.24, 2.45) is 11.0 Å². The smallest absolute Gasteiger partial charge is 0.0807 e. The molecule has 3 aromatic rings. The highest BCUT2D eigenvalue weighted by atomic mass is 15.5. The van der Waals surface area contributed by atoms with Crippen molar-refractivity contribution in [1.82, 2.24) is 5.01 Å². The second kappa shape index (κ2) is 5.73. The van der Waals surface area contributed by atoms with Crippen molar-refractivity contribution in [3.8, 4) is 0 Å². The Morgan fingerprint density at radius 1 is 0.920 bits per heavy atom. The topological polar surface area (TPSA) is 15.6 Å². The third-order valence-corrected chi connectivity index (χ3v) is 5.80. The van der Waals surface area contributed by atoms with E-state index in [1.54, 1.807) is 0 Å². The van der Waals surface area contributed by atoms with Crippen LogP contribution in [0, 0.1) is 5.92 Å². The molecule has 0 radical (unpaired) electrons. The maximum absolute atomic E-state index is 5.03. The maximum atomic E-state index is 5.03. The monoisotopic (exact) mass is 326 g/mol. The van der Waals surface area contributed by atoms with E-state index in [9.17, 15) is 0 Å². The van der Waals surface area contributed by atoms with Crippen LogP contribution in [0.15, 0.2) is 71.8 Å². The summed E-state index contributed by atoms with van der Waals surface area (Å²) in [5.74, 6) is 0.472. The average Bonchev–Trinajstić information content (AvgIpc) is 2.87. The Kier molecular flexibility index (Phi) is 3.37. The molecule has 0 N–H and O–H groups in total. The first-order valence-electron chi connectivity index (χ1n) is 9.20. The lowest BCUT2D eigenvalue weighted by molar-refractivity contribution is 0.244. The van der Waals surface area contributed by atoms with Crippen LogP contribution in [-0.2, 0) is 6.42 Å². The fourth-order valence-corrected chi connectivity index (χ4v) is 4.69. The van der Waals surface area contributed by atoms with Crippen LogP contribution >= 0.6 is 0 Å². The minimum Gasteiger partial charge on any atom is -0.292 e. The number of hydrazone groups is 1. The predicted octanol–water partition coefficient (Wildman–Crippen LogP) is 5.18. The molecule has 0 fully saturated rings. The van der Waals surface area contributed by atoms with Gasteiger partial charge in [-0.3, -0.25) is 5.01 Å². The van der Waals surface area contributed by atoms with Crippen molar-refractivity contribution in [1.29, 1.82) is 0 Å². The Morgan fingerprint density at radius 3 is 2.68 bits per heavy atom. The fraction of sp³-hybridized carbons (Fsp3) is 0.261. The standard InChI is InChI=1S/C23H22N2/c1-25-23(20-14-6-10-16-8-2-4-12-18(16)20)21-15-7-11-17-9-3-5-13-19(17)22(21)24-25/h2-6,8-10,12-14,21,23H,7,11,15H2,1H3. The lowest BCUT2D eigenvalue weighted by Gasteiger charge is -2.26. The summed E-state index contributed by atoms with van der Waals surface area (Å²) in [6.45, 7) is 0. The number of benzene rings is 3. The average molecular weight is 326 g/mol. The molecule has 0 spiro atoms. The highest BCUT2D eigenvalue weighted by Crippen LogP contribution is 2.43. The maximum Gasteiger partial charge on any atom is 0.0807 e. The molecule has 0 saturated heterocycles. The summed E-state index contributed by atoms with van der Waals surface area (Å²) in [5, 5.41) is 9.90. The molecule has 1 aliphatic heterocycles. The minimum atomic E-state index is 0.326. The number of nitrogens with zero attached hydrogens (tertiary/aromatic N) is 2. The SMILES string of the molecule is CN1N=C2c3ccccc3CCCC2C1c1cccc2ccccc12. The van der Waals surface area contributed by atoms with E-state index in [1.165, 1.54) is 46.0 Å². The molecule has 2 heteroatoms. The van der Waals surface area contributed by atoms with E-state index in [0.29, 0.717) is 12.0 Å². The zero-order valence-corrected chi connectivity index (χ0v) is 14.5. The van der Waals surface area contributed by atoms with Crippen LogP contribution in [0.5, 0.6) is 0 Å². The van der Waals surface area contributed by atoms with E-state index in [4.69, 9.17) is 5.10 Å². The summed E-state index contributed by atoms with van der Waals surface area (Å²) in [7, 11) is 2.14. The van der Waals surface area contributed by atoms with Crippen LogP contribution in [0.25, 0.3) is 10.8 Å². The molecule has 25 heavy (non-hydrogen) atoms. The van der Waals surface area contributed by atoms with Gasteiger partial charge in [0.15, 0.2) is 0 Å². The highest BCUT2D eigenvalue weighted by Gasteiger charge is 2.39. The molecular formula is C23H22N2. The number of fused-ring (bicyclic) bond motifs is 4. The van der Waals surface area contributed by atoms with E-state index < -0.39 is 0 Å². The van der Waals surface area contributed by atoms with Crippen LogP contribution in [-0.4, -0.2) is 17.8 Å². The normalized spacial score (nSPS) is 22.3. The summed E-state index contributed by atoms with van der Waals surface area (Å²) in [4.78, 5) is 0. The number of hydrogen-bond acceptors (Lipinski definition) is 2. The summed E-state index contributed by atoms with van der Waals surface area (Å²) in [5.41, 5.74) is 5.51. The van der Waals surface area contributed by atoms with Crippen molar-refractivity contribution < 1.29 is 0 Å². The van der Waals surface area contributed by atoms with Crippen molar-refractivity contribution >= 4 is 16.5 Å². The van der Waals surface area contributed by atoms with Gasteiger partial charge in [-0.1, -0.05) is 66.7 Å². The molecule has 1 heterocycles. The molecule has 3 aromatic carbocycles. The second-order valence-electron chi connectivity index (χ2n) is 7.23. The Balaban J connectivity index is 1.65.